The van der Waals surface area contributed by atoms with Crippen molar-refractivity contribution in [1.82, 2.24) is 15.6 Å². The van der Waals surface area contributed by atoms with Crippen molar-refractivity contribution in [2.45, 2.75) is 19.6 Å². The van der Waals surface area contributed by atoms with Gasteiger partial charge in [0, 0.05) is 31.9 Å². The summed E-state index contributed by atoms with van der Waals surface area (Å²) in [5.74, 6) is 0.650. The molecule has 5 nitrogen and oxygen atoms in total. The number of nitrogens with one attached hydrogen (secondary N) is 2. The summed E-state index contributed by atoms with van der Waals surface area (Å²) in [5, 5.41) is 6.19. The highest BCUT2D eigenvalue weighted by Gasteiger charge is 2.07. The maximum atomic E-state index is 12.0. The van der Waals surface area contributed by atoms with Crippen molar-refractivity contribution >= 4 is 29.9 Å². The van der Waals surface area contributed by atoms with Crippen molar-refractivity contribution in [2.75, 3.05) is 13.1 Å². The Hall–Kier alpha value is -1.19. The molecule has 0 saturated heterocycles. The van der Waals surface area contributed by atoms with Gasteiger partial charge in [-0.2, -0.15) is 8.78 Å². The summed E-state index contributed by atoms with van der Waals surface area (Å²) >= 11 is 0. The van der Waals surface area contributed by atoms with E-state index in [1.54, 1.807) is 6.07 Å². The summed E-state index contributed by atoms with van der Waals surface area (Å²) in [6, 6.07) is 3.21. The van der Waals surface area contributed by atoms with Crippen LogP contribution in [0.4, 0.5) is 8.78 Å². The molecule has 0 radical (unpaired) electrons. The van der Waals surface area contributed by atoms with E-state index < -0.39 is 6.61 Å². The topological polar surface area (TPSA) is 58.5 Å². The fraction of sp³-hybridized carbons (Fsp3) is 0.455. The summed E-state index contributed by atoms with van der Waals surface area (Å²) in [5.41, 5.74) is 0.802. The highest BCUT2D eigenvalue weighted by atomic mass is 127. The number of alkyl halides is 2. The van der Waals surface area contributed by atoms with Crippen LogP contribution in [0.25, 0.3) is 0 Å². The van der Waals surface area contributed by atoms with Crippen LogP contribution in [-0.2, 0) is 6.54 Å². The van der Waals surface area contributed by atoms with Gasteiger partial charge in [0.2, 0.25) is 5.88 Å². The van der Waals surface area contributed by atoms with Crippen molar-refractivity contribution in [2.24, 2.45) is 4.99 Å². The zero-order valence-corrected chi connectivity index (χ0v) is 12.4. The van der Waals surface area contributed by atoms with Gasteiger partial charge in [-0.25, -0.2) is 4.98 Å². The Labute approximate surface area is 126 Å². The van der Waals surface area contributed by atoms with E-state index in [9.17, 15) is 8.78 Å². The fourth-order valence-electron chi connectivity index (χ4n) is 1.55. The van der Waals surface area contributed by atoms with E-state index in [1.165, 1.54) is 12.3 Å². The number of nitrogens with zero attached hydrogens (tertiary/aromatic N) is 2. The molecular formula is C11H15F2IN4O. The second kappa shape index (κ2) is 8.08. The van der Waals surface area contributed by atoms with E-state index in [0.717, 1.165) is 31.0 Å². The number of aromatic nitrogens is 1. The van der Waals surface area contributed by atoms with Crippen LogP contribution in [0.15, 0.2) is 23.3 Å². The summed E-state index contributed by atoms with van der Waals surface area (Å²) < 4.78 is 28.3. The maximum absolute atomic E-state index is 12.0. The third-order valence-electron chi connectivity index (χ3n) is 2.37. The molecule has 2 N–H and O–H groups in total. The van der Waals surface area contributed by atoms with Gasteiger partial charge in [0.25, 0.3) is 0 Å². The first-order valence-electron chi connectivity index (χ1n) is 5.66. The minimum absolute atomic E-state index is 0. The van der Waals surface area contributed by atoms with Gasteiger partial charge < -0.3 is 15.4 Å². The maximum Gasteiger partial charge on any atom is 0.388 e. The molecule has 0 unspecified atom stereocenters. The summed E-state index contributed by atoms with van der Waals surface area (Å²) in [6.07, 6.45) is 2.46. The van der Waals surface area contributed by atoms with E-state index in [1.807, 2.05) is 0 Å². The molecule has 2 rings (SSSR count). The monoisotopic (exact) mass is 384 g/mol. The van der Waals surface area contributed by atoms with E-state index in [4.69, 9.17) is 0 Å². The number of aliphatic imine (C=N–C) groups is 1. The third kappa shape index (κ3) is 5.53. The first kappa shape index (κ1) is 15.9. The lowest BCUT2D eigenvalue weighted by Crippen LogP contribution is -2.40. The largest absolute Gasteiger partial charge is 0.417 e. The first-order valence-corrected chi connectivity index (χ1v) is 5.66. The molecule has 0 bridgehead atoms. The molecule has 0 aliphatic carbocycles. The Morgan fingerprint density at radius 2 is 2.32 bits per heavy atom. The number of rotatable bonds is 4. The number of hydrogen-bond donors (Lipinski definition) is 2. The van der Waals surface area contributed by atoms with Crippen molar-refractivity contribution in [3.8, 4) is 5.88 Å². The third-order valence-corrected chi connectivity index (χ3v) is 2.37. The molecule has 8 heteroatoms. The van der Waals surface area contributed by atoms with Gasteiger partial charge in [0.1, 0.15) is 0 Å². The normalized spacial score (nSPS) is 14.2. The predicted octanol–water partition coefficient (Wildman–Crippen LogP) is 1.74. The van der Waals surface area contributed by atoms with E-state index in [-0.39, 0.29) is 29.9 Å². The Kier molecular flexibility index (Phi) is 6.74. The molecule has 1 aromatic heterocycles. The summed E-state index contributed by atoms with van der Waals surface area (Å²) in [7, 11) is 0. The minimum atomic E-state index is -2.86. The average Bonchev–Trinajstić information content (AvgIpc) is 2.37. The van der Waals surface area contributed by atoms with Gasteiger partial charge in [-0.3, -0.25) is 4.99 Å². The van der Waals surface area contributed by atoms with Crippen LogP contribution < -0.4 is 15.4 Å². The van der Waals surface area contributed by atoms with E-state index in [0.29, 0.717) is 6.54 Å². The van der Waals surface area contributed by atoms with Crippen LogP contribution in [0, 0.1) is 0 Å². The van der Waals surface area contributed by atoms with Crippen molar-refractivity contribution in [3.05, 3.63) is 23.9 Å². The lowest BCUT2D eigenvalue weighted by Gasteiger charge is -2.16. The minimum Gasteiger partial charge on any atom is -0.417 e. The van der Waals surface area contributed by atoms with Crippen LogP contribution in [0.3, 0.4) is 0 Å². The highest BCUT2D eigenvalue weighted by Crippen LogP contribution is 2.12. The quantitative estimate of drug-likeness (QED) is 0.777. The molecule has 1 aliphatic heterocycles. The van der Waals surface area contributed by atoms with Gasteiger partial charge in [-0.15, -0.1) is 24.0 Å². The molecule has 1 aromatic rings. The van der Waals surface area contributed by atoms with Crippen LogP contribution in [0.5, 0.6) is 5.88 Å². The van der Waals surface area contributed by atoms with Crippen LogP contribution >= 0.6 is 24.0 Å². The van der Waals surface area contributed by atoms with E-state index in [2.05, 4.69) is 25.3 Å². The molecule has 0 aromatic carbocycles. The molecule has 0 atom stereocenters. The van der Waals surface area contributed by atoms with E-state index >= 15 is 0 Å². The van der Waals surface area contributed by atoms with Crippen molar-refractivity contribution < 1.29 is 13.5 Å². The van der Waals surface area contributed by atoms with Crippen LogP contribution in [-0.4, -0.2) is 30.6 Å². The predicted molar refractivity (Wildman–Crippen MR) is 78.0 cm³/mol. The van der Waals surface area contributed by atoms with Crippen LogP contribution in [0.2, 0.25) is 0 Å². The second-order valence-electron chi connectivity index (χ2n) is 3.75. The van der Waals surface area contributed by atoms with Gasteiger partial charge in [-0.1, -0.05) is 0 Å². The molecule has 0 spiro atoms. The number of hydrogen-bond acceptors (Lipinski definition) is 5. The molecule has 106 valence electrons. The fourth-order valence-corrected chi connectivity index (χ4v) is 1.55. The standard InChI is InChI=1S/C11H14F2N4O.HI/c12-10(13)18-9-6-8(2-5-14-9)7-17-11-15-3-1-4-16-11;/h2,5-6,10H,1,3-4,7H2,(H2,15,16,17);1H. The molecule has 0 amide bonds. The van der Waals surface area contributed by atoms with Gasteiger partial charge in [0.15, 0.2) is 5.96 Å². The lowest BCUT2D eigenvalue weighted by molar-refractivity contribution is -0.0528. The van der Waals surface area contributed by atoms with Crippen molar-refractivity contribution in [3.63, 3.8) is 0 Å². The SMILES string of the molecule is FC(F)Oc1cc(CNC2=NCCCN2)ccn1.I. The van der Waals surface area contributed by atoms with Gasteiger partial charge in [-0.05, 0) is 18.1 Å². The molecular weight excluding hydrogens is 369 g/mol. The Bertz CT molecular complexity index is 431. The van der Waals surface area contributed by atoms with Gasteiger partial charge >= 0.3 is 6.61 Å². The Morgan fingerprint density at radius 1 is 1.47 bits per heavy atom. The molecule has 19 heavy (non-hydrogen) atoms. The number of pyridine rings is 1. The Balaban J connectivity index is 0.00000180. The van der Waals surface area contributed by atoms with Crippen molar-refractivity contribution in [1.29, 1.82) is 0 Å². The average molecular weight is 384 g/mol. The number of halogens is 3. The zero-order chi connectivity index (χ0) is 12.8. The lowest BCUT2D eigenvalue weighted by atomic mass is 10.2. The summed E-state index contributed by atoms with van der Waals surface area (Å²) in [6.45, 7) is -0.688. The smallest absolute Gasteiger partial charge is 0.388 e. The zero-order valence-electron chi connectivity index (χ0n) is 10.1. The molecule has 2 heterocycles. The second-order valence-corrected chi connectivity index (χ2v) is 3.75. The molecule has 0 saturated carbocycles. The number of ether oxygens (including phenoxy) is 1. The molecule has 1 aliphatic rings. The molecule has 0 fully saturated rings. The number of guanidine groups is 1. The Morgan fingerprint density at radius 3 is 3.00 bits per heavy atom. The highest BCUT2D eigenvalue weighted by molar-refractivity contribution is 14.0. The van der Waals surface area contributed by atoms with Crippen LogP contribution in [0.1, 0.15) is 12.0 Å². The summed E-state index contributed by atoms with van der Waals surface area (Å²) in [4.78, 5) is 7.94. The van der Waals surface area contributed by atoms with Gasteiger partial charge in [0.05, 0.1) is 0 Å². The first-order chi connectivity index (χ1) is 8.74.